The van der Waals surface area contributed by atoms with Gasteiger partial charge in [0.15, 0.2) is 22.3 Å². The van der Waals surface area contributed by atoms with Crippen molar-refractivity contribution >= 4 is 21.4 Å². The van der Waals surface area contributed by atoms with Crippen molar-refractivity contribution in [3.63, 3.8) is 0 Å². The minimum absolute atomic E-state index is 0.0831. The van der Waals surface area contributed by atoms with Gasteiger partial charge in [0, 0.05) is 22.4 Å². The predicted octanol–water partition coefficient (Wildman–Crippen LogP) is 4.81. The van der Waals surface area contributed by atoms with Crippen LogP contribution >= 0.6 is 11.6 Å². The van der Waals surface area contributed by atoms with Crippen LogP contribution in [0.3, 0.4) is 0 Å². The molecule has 1 heterocycles. The number of halogens is 4. The lowest BCUT2D eigenvalue weighted by molar-refractivity contribution is 0.332. The number of nitrogens with zero attached hydrogens (tertiary/aromatic N) is 1. The summed E-state index contributed by atoms with van der Waals surface area (Å²) in [5.41, 5.74) is 0.0830. The fraction of sp³-hybridized carbons (Fsp3) is 0.118. The van der Waals surface area contributed by atoms with Crippen LogP contribution in [0.4, 0.5) is 13.2 Å². The second-order valence-corrected chi connectivity index (χ2v) is 7.93. The summed E-state index contributed by atoms with van der Waals surface area (Å²) in [4.78, 5) is -0.787. The Balaban J connectivity index is 2.26. The van der Waals surface area contributed by atoms with Crippen molar-refractivity contribution in [1.29, 1.82) is 0 Å². The lowest BCUT2D eigenvalue weighted by Crippen LogP contribution is -2.03. The van der Waals surface area contributed by atoms with Crippen LogP contribution in [-0.2, 0) is 16.5 Å². The average Bonchev–Trinajstić information content (AvgIpc) is 3.00. The molecule has 0 unspecified atom stereocenters. The molecule has 0 amide bonds. The highest BCUT2D eigenvalue weighted by molar-refractivity contribution is 7.90. The fourth-order valence-corrected chi connectivity index (χ4v) is 3.36. The molecule has 1 aromatic heterocycles. The number of rotatable bonds is 4. The van der Waals surface area contributed by atoms with Gasteiger partial charge in [0.1, 0.15) is 22.2 Å². The normalized spacial score (nSPS) is 11.7. The minimum atomic E-state index is -3.97. The van der Waals surface area contributed by atoms with Crippen molar-refractivity contribution in [3.8, 4) is 22.4 Å². The van der Waals surface area contributed by atoms with Crippen LogP contribution in [0.2, 0.25) is 5.02 Å². The molecule has 0 N–H and O–H groups in total. The zero-order chi connectivity index (χ0) is 19.1. The van der Waals surface area contributed by atoms with E-state index in [2.05, 4.69) is 5.16 Å². The van der Waals surface area contributed by atoms with E-state index in [9.17, 15) is 21.6 Å². The molecule has 0 aliphatic rings. The van der Waals surface area contributed by atoms with Crippen LogP contribution in [0.15, 0.2) is 45.8 Å². The van der Waals surface area contributed by atoms with E-state index in [1.807, 2.05) is 0 Å². The molecule has 0 aliphatic carbocycles. The molecule has 0 radical (unpaired) electrons. The van der Waals surface area contributed by atoms with Crippen molar-refractivity contribution in [3.05, 3.63) is 58.8 Å². The summed E-state index contributed by atoms with van der Waals surface area (Å²) < 4.78 is 70.1. The summed E-state index contributed by atoms with van der Waals surface area (Å²) in [6.45, 7) is -1.11. The highest BCUT2D eigenvalue weighted by atomic mass is 35.5. The fourth-order valence-electron chi connectivity index (χ4n) is 2.50. The summed E-state index contributed by atoms with van der Waals surface area (Å²) >= 11 is 5.82. The SMILES string of the molecule is CS(=O)(=O)c1cc(F)c(-c2c(-c3ccc(Cl)cc3)noc2CF)cc1F. The van der Waals surface area contributed by atoms with Gasteiger partial charge in [-0.3, -0.25) is 0 Å². The first-order chi connectivity index (χ1) is 12.2. The summed E-state index contributed by atoms with van der Waals surface area (Å²) in [5.74, 6) is -2.50. The van der Waals surface area contributed by atoms with Gasteiger partial charge in [0.05, 0.1) is 5.56 Å². The number of benzene rings is 2. The summed E-state index contributed by atoms with van der Waals surface area (Å²) in [5, 5.41) is 4.18. The number of sulfone groups is 1. The van der Waals surface area contributed by atoms with Crippen LogP contribution in [0.5, 0.6) is 0 Å². The monoisotopic (exact) mass is 401 g/mol. The Hall–Kier alpha value is -2.32. The Morgan fingerprint density at radius 2 is 1.77 bits per heavy atom. The Labute approximate surface area is 152 Å². The second-order valence-electron chi connectivity index (χ2n) is 5.50. The van der Waals surface area contributed by atoms with Gasteiger partial charge in [-0.05, 0) is 24.3 Å². The highest BCUT2D eigenvalue weighted by Gasteiger charge is 2.25. The van der Waals surface area contributed by atoms with Crippen LogP contribution in [0.25, 0.3) is 22.4 Å². The summed E-state index contributed by atoms with van der Waals surface area (Å²) in [6, 6.07) is 7.47. The molecule has 3 aromatic rings. The quantitative estimate of drug-likeness (QED) is 0.629. The van der Waals surface area contributed by atoms with E-state index < -0.39 is 33.0 Å². The van der Waals surface area contributed by atoms with Gasteiger partial charge in [-0.25, -0.2) is 21.6 Å². The molecule has 26 heavy (non-hydrogen) atoms. The Morgan fingerprint density at radius 3 is 2.35 bits per heavy atom. The molecule has 0 bridgehead atoms. The van der Waals surface area contributed by atoms with Gasteiger partial charge >= 0.3 is 0 Å². The van der Waals surface area contributed by atoms with E-state index in [0.29, 0.717) is 22.7 Å². The smallest absolute Gasteiger partial charge is 0.178 e. The first kappa shape index (κ1) is 18.5. The molecule has 4 nitrogen and oxygen atoms in total. The van der Waals surface area contributed by atoms with Crippen LogP contribution in [0.1, 0.15) is 5.76 Å². The van der Waals surface area contributed by atoms with Gasteiger partial charge in [-0.2, -0.15) is 0 Å². The van der Waals surface area contributed by atoms with Gasteiger partial charge in [0.25, 0.3) is 0 Å². The standard InChI is InChI=1S/C17H11ClF3NO3S/c1-26(23,24)15-7-12(20)11(6-13(15)21)16-14(8-19)25-22-17(16)9-2-4-10(18)5-3-9/h2-7H,8H2,1H3. The molecule has 0 spiro atoms. The lowest BCUT2D eigenvalue weighted by atomic mass is 9.99. The van der Waals surface area contributed by atoms with Crippen molar-refractivity contribution in [2.24, 2.45) is 0 Å². The number of hydrogen-bond donors (Lipinski definition) is 0. The Morgan fingerprint density at radius 1 is 1.12 bits per heavy atom. The topological polar surface area (TPSA) is 60.2 Å². The maximum atomic E-state index is 14.6. The van der Waals surface area contributed by atoms with E-state index in [-0.39, 0.29) is 22.6 Å². The summed E-state index contributed by atoms with van der Waals surface area (Å²) in [6.07, 6.45) is 0.760. The molecule has 0 aliphatic heterocycles. The minimum Gasteiger partial charge on any atom is -0.357 e. The molecular formula is C17H11ClF3NO3S. The number of aromatic nitrogens is 1. The van der Waals surface area contributed by atoms with E-state index in [4.69, 9.17) is 16.1 Å². The largest absolute Gasteiger partial charge is 0.357 e. The van der Waals surface area contributed by atoms with E-state index in [1.54, 1.807) is 24.3 Å². The van der Waals surface area contributed by atoms with Crippen LogP contribution in [-0.4, -0.2) is 19.8 Å². The maximum Gasteiger partial charge on any atom is 0.178 e. The third-order valence-corrected chi connectivity index (χ3v) is 5.06. The van der Waals surface area contributed by atoms with Crippen molar-refractivity contribution in [1.82, 2.24) is 5.16 Å². The highest BCUT2D eigenvalue weighted by Crippen LogP contribution is 2.38. The van der Waals surface area contributed by atoms with Gasteiger partial charge in [-0.1, -0.05) is 28.9 Å². The second kappa shape index (κ2) is 6.77. The van der Waals surface area contributed by atoms with E-state index in [1.165, 1.54) is 0 Å². The molecule has 0 saturated carbocycles. The molecule has 0 saturated heterocycles. The third kappa shape index (κ3) is 3.34. The average molecular weight is 402 g/mol. The molecule has 136 valence electrons. The first-order valence-corrected chi connectivity index (χ1v) is 9.49. The lowest BCUT2D eigenvalue weighted by Gasteiger charge is -2.08. The van der Waals surface area contributed by atoms with Crippen LogP contribution < -0.4 is 0 Å². The van der Waals surface area contributed by atoms with Gasteiger partial charge in [-0.15, -0.1) is 0 Å². The zero-order valence-corrected chi connectivity index (χ0v) is 14.8. The van der Waals surface area contributed by atoms with E-state index >= 15 is 0 Å². The number of hydrogen-bond acceptors (Lipinski definition) is 4. The first-order valence-electron chi connectivity index (χ1n) is 7.22. The molecule has 0 fully saturated rings. The molecule has 9 heteroatoms. The van der Waals surface area contributed by atoms with Crippen molar-refractivity contribution < 1.29 is 26.1 Å². The van der Waals surface area contributed by atoms with E-state index in [0.717, 1.165) is 6.26 Å². The summed E-state index contributed by atoms with van der Waals surface area (Å²) in [7, 11) is -3.97. The van der Waals surface area contributed by atoms with Gasteiger partial charge < -0.3 is 4.52 Å². The Bertz CT molecular complexity index is 1080. The Kier molecular flexibility index (Phi) is 4.81. The molecule has 0 atom stereocenters. The van der Waals surface area contributed by atoms with Crippen molar-refractivity contribution in [2.75, 3.05) is 6.26 Å². The molecule has 3 rings (SSSR count). The molecule has 2 aromatic carbocycles. The van der Waals surface area contributed by atoms with Gasteiger partial charge in [0.2, 0.25) is 0 Å². The molecular weight excluding hydrogens is 391 g/mol. The third-order valence-electron chi connectivity index (χ3n) is 3.69. The van der Waals surface area contributed by atoms with Crippen molar-refractivity contribution in [2.45, 2.75) is 11.6 Å². The predicted molar refractivity (Wildman–Crippen MR) is 90.2 cm³/mol. The maximum absolute atomic E-state index is 14.6. The van der Waals surface area contributed by atoms with Crippen LogP contribution in [0, 0.1) is 11.6 Å². The zero-order valence-electron chi connectivity index (χ0n) is 13.3. The number of alkyl halides is 1.